The number of nitrogens with zero attached hydrogens (tertiary/aromatic N) is 4. The molecule has 4 heterocycles. The third-order valence-corrected chi connectivity index (χ3v) is 10.2. The lowest BCUT2D eigenvalue weighted by Crippen LogP contribution is -3.00. The van der Waals surface area contributed by atoms with E-state index in [0.717, 1.165) is 51.4 Å². The number of pyridine rings is 2. The standard InChI is InChI=1S/C40H46N4O4.2C2H6O.2BrH/c1-5-9-17-27(7-3)25-43-37(45)29-23-32(42-21-15-12-16-22-42)36-34-30(38(46)44(40(36)48)26-28(8-4)18-10-6-2)24-31(35(33(29)34)39(43)47)41-19-13-11-14-20-41;2*1-2-3;;/h11-16,19-24,27-28H,5-10,17-18,25-26H2,1-4H3;2*3H,2H2,1H3;2*1H/q+2;;;;/p-2/t27-,28+;;;;. The maximum absolute atomic E-state index is 14.6. The molecule has 2 aromatic heterocycles. The van der Waals surface area contributed by atoms with Gasteiger partial charge in [-0.1, -0.05) is 78.4 Å². The topological polar surface area (TPSA) is 123 Å². The molecule has 2 aromatic carbocycles. The summed E-state index contributed by atoms with van der Waals surface area (Å²) < 4.78 is 3.66. The number of carbonyl (C=O) groups excluding carboxylic acids is 4. The predicted molar refractivity (Wildman–Crippen MR) is 210 cm³/mol. The van der Waals surface area contributed by atoms with Crippen LogP contribution in [0.5, 0.6) is 0 Å². The van der Waals surface area contributed by atoms with Crippen LogP contribution in [0.1, 0.15) is 134 Å². The van der Waals surface area contributed by atoms with Crippen LogP contribution in [0.2, 0.25) is 0 Å². The van der Waals surface area contributed by atoms with Crippen molar-refractivity contribution < 1.29 is 72.5 Å². The normalized spacial score (nSPS) is 13.9. The van der Waals surface area contributed by atoms with Crippen molar-refractivity contribution in [2.75, 3.05) is 26.3 Å². The Kier molecular flexibility index (Phi) is 20.2. The molecule has 4 aromatic rings. The van der Waals surface area contributed by atoms with E-state index in [4.69, 9.17) is 10.2 Å². The molecular weight excluding hydrogens is 840 g/mol. The fraction of sp³-hybridized carbons (Fsp3) is 0.455. The van der Waals surface area contributed by atoms with Gasteiger partial charge in [0.15, 0.2) is 24.8 Å². The van der Waals surface area contributed by atoms with Crippen molar-refractivity contribution in [3.05, 3.63) is 95.6 Å². The zero-order valence-corrected chi connectivity index (χ0v) is 36.8. The van der Waals surface area contributed by atoms with Gasteiger partial charge in [0.05, 0.1) is 11.1 Å². The Labute approximate surface area is 353 Å². The molecule has 0 fully saturated rings. The fourth-order valence-electron chi connectivity index (χ4n) is 7.33. The number of amides is 4. The number of unbranched alkanes of at least 4 members (excludes halogenated alkanes) is 2. The molecule has 0 aliphatic carbocycles. The maximum Gasteiger partial charge on any atom is 0.268 e. The van der Waals surface area contributed by atoms with Gasteiger partial charge in [0.2, 0.25) is 11.4 Å². The minimum Gasteiger partial charge on any atom is -1.00 e. The number of aliphatic hydroxyl groups excluding tert-OH is 2. The first-order valence-corrected chi connectivity index (χ1v) is 19.7. The maximum atomic E-state index is 14.6. The summed E-state index contributed by atoms with van der Waals surface area (Å²) in [6, 6.07) is 14.8. The first-order valence-electron chi connectivity index (χ1n) is 19.7. The van der Waals surface area contributed by atoms with Gasteiger partial charge in [-0.05, 0) is 38.5 Å². The number of halogens is 2. The van der Waals surface area contributed by atoms with E-state index in [0.29, 0.717) is 57.5 Å². The molecule has 12 heteroatoms. The Morgan fingerprint density at radius 2 is 0.857 bits per heavy atom. The lowest BCUT2D eigenvalue weighted by Gasteiger charge is -2.34. The highest BCUT2D eigenvalue weighted by Crippen LogP contribution is 2.42. The van der Waals surface area contributed by atoms with Gasteiger partial charge in [-0.2, -0.15) is 9.13 Å². The number of carbonyl (C=O) groups is 4. The second-order valence-corrected chi connectivity index (χ2v) is 13.9. The molecule has 6 rings (SSSR count). The fourth-order valence-corrected chi connectivity index (χ4v) is 7.33. The van der Waals surface area contributed by atoms with Crippen LogP contribution < -0.4 is 43.1 Å². The molecule has 0 bridgehead atoms. The summed E-state index contributed by atoms with van der Waals surface area (Å²) in [5.74, 6) is -1.22. The van der Waals surface area contributed by atoms with E-state index < -0.39 is 0 Å². The highest BCUT2D eigenvalue weighted by atomic mass is 79.9. The smallest absolute Gasteiger partial charge is 0.268 e. The average molecular weight is 899 g/mol. The van der Waals surface area contributed by atoms with E-state index in [2.05, 4.69) is 27.7 Å². The second kappa shape index (κ2) is 23.4. The van der Waals surface area contributed by atoms with Crippen molar-refractivity contribution >= 4 is 34.4 Å². The van der Waals surface area contributed by atoms with Crippen molar-refractivity contribution in [2.45, 2.75) is 92.9 Å². The Bertz CT molecular complexity index is 1790. The lowest BCUT2D eigenvalue weighted by molar-refractivity contribution is -0.596. The van der Waals surface area contributed by atoms with E-state index >= 15 is 0 Å². The number of benzene rings is 2. The van der Waals surface area contributed by atoms with Gasteiger partial charge in [0.25, 0.3) is 23.6 Å². The SMILES string of the molecule is CCCC[C@@H](CC)CN1C(=O)c2cc(-[n+]3ccccc3)c3c4c(cc(-[n+]5ccccc5)c(c24)C1=O)C(=O)N(C[C@@H](CC)CCCC)C3=O.CCO.CCO.[Br-].[Br-]. The molecular formula is C44H58Br2N4O6. The highest BCUT2D eigenvalue weighted by molar-refractivity contribution is 6.35. The minimum absolute atomic E-state index is 0. The summed E-state index contributed by atoms with van der Waals surface area (Å²) in [7, 11) is 0. The highest BCUT2D eigenvalue weighted by Gasteiger charge is 2.46. The molecule has 0 radical (unpaired) electrons. The minimum atomic E-state index is -0.389. The van der Waals surface area contributed by atoms with E-state index in [1.54, 1.807) is 26.0 Å². The van der Waals surface area contributed by atoms with E-state index in [-0.39, 0.29) is 82.6 Å². The predicted octanol–water partition coefficient (Wildman–Crippen LogP) is 1.02. The zero-order valence-electron chi connectivity index (χ0n) is 33.6. The quantitative estimate of drug-likeness (QED) is 0.144. The number of imide groups is 2. The van der Waals surface area contributed by atoms with Gasteiger partial charge in [-0.3, -0.25) is 29.0 Å². The third-order valence-electron chi connectivity index (χ3n) is 10.2. The third kappa shape index (κ3) is 10.4. The number of hydrogen-bond donors (Lipinski definition) is 2. The Morgan fingerprint density at radius 1 is 0.536 bits per heavy atom. The van der Waals surface area contributed by atoms with Gasteiger partial charge >= 0.3 is 0 Å². The Balaban J connectivity index is 0.00000127. The molecule has 56 heavy (non-hydrogen) atoms. The summed E-state index contributed by atoms with van der Waals surface area (Å²) in [4.78, 5) is 61.1. The van der Waals surface area contributed by atoms with E-state index in [1.807, 2.05) is 70.3 Å². The van der Waals surface area contributed by atoms with Crippen LogP contribution in [0.25, 0.3) is 22.1 Å². The van der Waals surface area contributed by atoms with Crippen LogP contribution >= 0.6 is 0 Å². The van der Waals surface area contributed by atoms with Gasteiger partial charge < -0.3 is 44.2 Å². The largest absolute Gasteiger partial charge is 1.00 e. The van der Waals surface area contributed by atoms with E-state index in [9.17, 15) is 19.2 Å². The monoisotopic (exact) mass is 896 g/mol. The van der Waals surface area contributed by atoms with Gasteiger partial charge in [-0.15, -0.1) is 0 Å². The molecule has 4 amide bonds. The van der Waals surface area contributed by atoms with Crippen LogP contribution in [0.3, 0.4) is 0 Å². The molecule has 2 aliphatic heterocycles. The first kappa shape index (κ1) is 48.3. The molecule has 0 unspecified atom stereocenters. The van der Waals surface area contributed by atoms with Crippen LogP contribution in [0, 0.1) is 11.8 Å². The summed E-state index contributed by atoms with van der Waals surface area (Å²) in [5.41, 5.74) is 2.41. The molecule has 0 saturated heterocycles. The van der Waals surface area contributed by atoms with Gasteiger partial charge in [-0.25, -0.2) is 0 Å². The molecule has 304 valence electrons. The number of aromatic nitrogens is 2. The zero-order chi connectivity index (χ0) is 39.4. The van der Waals surface area contributed by atoms with Gasteiger partial charge in [0, 0.05) is 73.5 Å². The number of aliphatic hydroxyl groups is 2. The van der Waals surface area contributed by atoms with Crippen LogP contribution in [-0.4, -0.2) is 69.9 Å². The molecule has 10 nitrogen and oxygen atoms in total. The molecule has 0 saturated carbocycles. The van der Waals surface area contributed by atoms with Gasteiger partial charge in [0.1, 0.15) is 11.1 Å². The summed E-state index contributed by atoms with van der Waals surface area (Å²) in [5, 5.41) is 15.9. The first-order chi connectivity index (χ1) is 26.2. The average Bonchev–Trinajstić information content (AvgIpc) is 3.19. The number of rotatable bonds is 14. The molecule has 2 aliphatic rings. The van der Waals surface area contributed by atoms with Crippen LogP contribution in [0.4, 0.5) is 0 Å². The molecule has 2 atom stereocenters. The summed E-state index contributed by atoms with van der Waals surface area (Å²) in [6.07, 6.45) is 15.0. The molecule has 2 N–H and O–H groups in total. The Morgan fingerprint density at radius 3 is 1.14 bits per heavy atom. The van der Waals surface area contributed by atoms with Crippen LogP contribution in [-0.2, 0) is 0 Å². The number of hydrogen-bond acceptors (Lipinski definition) is 6. The van der Waals surface area contributed by atoms with Crippen molar-refractivity contribution in [3.8, 4) is 11.4 Å². The molecule has 0 spiro atoms. The van der Waals surface area contributed by atoms with Crippen molar-refractivity contribution in [1.82, 2.24) is 9.80 Å². The Hall–Kier alpha value is -3.84. The van der Waals surface area contributed by atoms with Crippen molar-refractivity contribution in [3.63, 3.8) is 0 Å². The second-order valence-electron chi connectivity index (χ2n) is 13.9. The van der Waals surface area contributed by atoms with Crippen LogP contribution in [0.15, 0.2) is 73.3 Å². The lowest BCUT2D eigenvalue weighted by atomic mass is 9.83. The summed E-state index contributed by atoms with van der Waals surface area (Å²) >= 11 is 0. The van der Waals surface area contributed by atoms with E-state index in [1.165, 1.54) is 9.80 Å². The van der Waals surface area contributed by atoms with Crippen molar-refractivity contribution in [2.24, 2.45) is 11.8 Å². The van der Waals surface area contributed by atoms with Crippen molar-refractivity contribution in [1.29, 1.82) is 0 Å². The summed E-state index contributed by atoms with van der Waals surface area (Å²) in [6.45, 7) is 13.0.